The van der Waals surface area contributed by atoms with E-state index in [1.165, 1.54) is 12.1 Å². The number of guanidine groups is 1. The second-order valence-electron chi connectivity index (χ2n) is 6.05. The number of hydrogen-bond acceptors (Lipinski definition) is 1. The van der Waals surface area contributed by atoms with Crippen LogP contribution in [0.2, 0.25) is 5.02 Å². The second-order valence-corrected chi connectivity index (χ2v) is 6.49. The fraction of sp³-hybridized carbons (Fsp3) is 0.643. The van der Waals surface area contributed by atoms with E-state index in [0.717, 1.165) is 17.5 Å². The third-order valence-electron chi connectivity index (χ3n) is 3.86. The first-order valence-corrected chi connectivity index (χ1v) is 6.96. The molecule has 0 saturated heterocycles. The lowest BCUT2D eigenvalue weighted by atomic mass is 10.2. The first-order valence-electron chi connectivity index (χ1n) is 6.58. The Labute approximate surface area is 120 Å². The molecule has 5 heteroatoms. The molecule has 0 aromatic carbocycles. The molecule has 106 valence electrons. The maximum atomic E-state index is 6.01. The summed E-state index contributed by atoms with van der Waals surface area (Å²) in [6.45, 7) is 5.33. The summed E-state index contributed by atoms with van der Waals surface area (Å²) in [5.74, 6) is 0.938. The minimum absolute atomic E-state index is 0.394. The number of aliphatic imine (C=N–C) groups is 1. The van der Waals surface area contributed by atoms with Gasteiger partial charge < -0.3 is 14.8 Å². The predicted octanol–water partition coefficient (Wildman–Crippen LogP) is 2.48. The minimum atomic E-state index is 0.394. The molecule has 1 aliphatic carbocycles. The van der Waals surface area contributed by atoms with Gasteiger partial charge in [-0.1, -0.05) is 25.4 Å². The second kappa shape index (κ2) is 5.08. The molecule has 0 radical (unpaired) electrons. The van der Waals surface area contributed by atoms with Crippen molar-refractivity contribution in [3.8, 4) is 0 Å². The highest BCUT2D eigenvalue weighted by Gasteiger charge is 2.46. The van der Waals surface area contributed by atoms with E-state index in [2.05, 4.69) is 29.1 Å². The van der Waals surface area contributed by atoms with Crippen LogP contribution in [0.15, 0.2) is 17.3 Å². The molecule has 0 amide bonds. The normalized spacial score (nSPS) is 21.4. The average Bonchev–Trinajstić information content (AvgIpc) is 2.78. The van der Waals surface area contributed by atoms with E-state index >= 15 is 0 Å². The summed E-state index contributed by atoms with van der Waals surface area (Å²) in [6, 6.07) is 2.53. The van der Waals surface area contributed by atoms with E-state index in [-0.39, 0.29) is 0 Å². The van der Waals surface area contributed by atoms with Crippen LogP contribution in [-0.4, -0.2) is 35.6 Å². The van der Waals surface area contributed by atoms with Gasteiger partial charge in [0.15, 0.2) is 5.96 Å². The number of nitrogens with one attached hydrogen (secondary N) is 1. The van der Waals surface area contributed by atoms with Gasteiger partial charge >= 0.3 is 0 Å². The molecule has 0 bridgehead atoms. The summed E-state index contributed by atoms with van der Waals surface area (Å²) in [6.07, 6.45) is 3.13. The van der Waals surface area contributed by atoms with Gasteiger partial charge in [-0.3, -0.25) is 4.99 Å². The highest BCUT2D eigenvalue weighted by molar-refractivity contribution is 6.30. The van der Waals surface area contributed by atoms with Crippen LogP contribution in [0.4, 0.5) is 0 Å². The van der Waals surface area contributed by atoms with Gasteiger partial charge in [0.05, 0.1) is 11.6 Å². The fourth-order valence-corrected chi connectivity index (χ4v) is 2.53. The standard InChI is InChI=1S/C14H23ClN4/c1-14(2)7-12(14)17-13(16-3)19(5)9-11-6-10(15)8-18(11)4/h6,8,12H,7,9H2,1-5H3,(H,16,17). The third-order valence-corrected chi connectivity index (χ3v) is 4.07. The number of aryl methyl sites for hydroxylation is 1. The average molecular weight is 283 g/mol. The lowest BCUT2D eigenvalue weighted by Crippen LogP contribution is -2.41. The van der Waals surface area contributed by atoms with Crippen LogP contribution in [0.3, 0.4) is 0 Å². The molecular weight excluding hydrogens is 260 g/mol. The Morgan fingerprint density at radius 3 is 2.68 bits per heavy atom. The molecule has 1 saturated carbocycles. The molecule has 1 fully saturated rings. The van der Waals surface area contributed by atoms with E-state index < -0.39 is 0 Å². The Kier molecular flexibility index (Phi) is 3.81. The van der Waals surface area contributed by atoms with Crippen LogP contribution < -0.4 is 5.32 Å². The zero-order chi connectivity index (χ0) is 14.2. The minimum Gasteiger partial charge on any atom is -0.353 e. The molecule has 1 heterocycles. The Morgan fingerprint density at radius 2 is 2.26 bits per heavy atom. The summed E-state index contributed by atoms with van der Waals surface area (Å²) in [7, 11) is 5.88. The molecule has 0 spiro atoms. The summed E-state index contributed by atoms with van der Waals surface area (Å²) in [5.41, 5.74) is 1.57. The lowest BCUT2D eigenvalue weighted by Gasteiger charge is -2.23. The summed E-state index contributed by atoms with van der Waals surface area (Å²) < 4.78 is 2.05. The Bertz CT molecular complexity index is 490. The zero-order valence-corrected chi connectivity index (χ0v) is 13.1. The topological polar surface area (TPSA) is 32.6 Å². The first-order chi connectivity index (χ1) is 8.83. The molecule has 1 aromatic rings. The van der Waals surface area contributed by atoms with Crippen molar-refractivity contribution in [3.05, 3.63) is 23.0 Å². The predicted molar refractivity (Wildman–Crippen MR) is 80.6 cm³/mol. The Balaban J connectivity index is 1.98. The highest BCUT2D eigenvalue weighted by Crippen LogP contribution is 2.44. The molecule has 0 aliphatic heterocycles. The van der Waals surface area contributed by atoms with Gasteiger partial charge in [-0.05, 0) is 17.9 Å². The van der Waals surface area contributed by atoms with Crippen LogP contribution in [0.1, 0.15) is 26.0 Å². The molecule has 1 aromatic heterocycles. The molecule has 1 atom stereocenters. The lowest BCUT2D eigenvalue weighted by molar-refractivity contribution is 0.454. The number of aromatic nitrogens is 1. The van der Waals surface area contributed by atoms with Crippen molar-refractivity contribution >= 4 is 17.6 Å². The number of halogens is 1. The van der Waals surface area contributed by atoms with Crippen molar-refractivity contribution in [2.24, 2.45) is 17.5 Å². The number of nitrogens with zero attached hydrogens (tertiary/aromatic N) is 3. The summed E-state index contributed by atoms with van der Waals surface area (Å²) in [4.78, 5) is 6.48. The molecule has 2 rings (SSSR count). The maximum Gasteiger partial charge on any atom is 0.193 e. The van der Waals surface area contributed by atoms with Crippen molar-refractivity contribution in [2.75, 3.05) is 14.1 Å². The van der Waals surface area contributed by atoms with Crippen molar-refractivity contribution < 1.29 is 0 Å². The smallest absolute Gasteiger partial charge is 0.193 e. The molecule has 1 N–H and O–H groups in total. The van der Waals surface area contributed by atoms with E-state index in [9.17, 15) is 0 Å². The van der Waals surface area contributed by atoms with Gasteiger partial charge in [-0.25, -0.2) is 0 Å². The zero-order valence-electron chi connectivity index (χ0n) is 12.4. The molecule has 1 aliphatic rings. The number of hydrogen-bond donors (Lipinski definition) is 1. The van der Waals surface area contributed by atoms with Crippen molar-refractivity contribution in [3.63, 3.8) is 0 Å². The van der Waals surface area contributed by atoms with Gasteiger partial charge in [0.2, 0.25) is 0 Å². The SMILES string of the molecule is CN=C(NC1CC1(C)C)N(C)Cc1cc(Cl)cn1C. The van der Waals surface area contributed by atoms with E-state index in [4.69, 9.17) is 11.6 Å². The fourth-order valence-electron chi connectivity index (χ4n) is 2.26. The van der Waals surface area contributed by atoms with Crippen molar-refractivity contribution in [1.82, 2.24) is 14.8 Å². The van der Waals surface area contributed by atoms with Gasteiger partial charge in [-0.2, -0.15) is 0 Å². The monoisotopic (exact) mass is 282 g/mol. The van der Waals surface area contributed by atoms with Gasteiger partial charge in [0.1, 0.15) is 0 Å². The highest BCUT2D eigenvalue weighted by atomic mass is 35.5. The number of rotatable bonds is 3. The largest absolute Gasteiger partial charge is 0.353 e. The summed E-state index contributed by atoms with van der Waals surface area (Å²) in [5, 5.41) is 4.29. The van der Waals surface area contributed by atoms with E-state index in [1.807, 2.05) is 38.0 Å². The maximum absolute atomic E-state index is 6.01. The van der Waals surface area contributed by atoms with Crippen molar-refractivity contribution in [1.29, 1.82) is 0 Å². The molecular formula is C14H23ClN4. The van der Waals surface area contributed by atoms with Crippen LogP contribution in [0, 0.1) is 5.41 Å². The quantitative estimate of drug-likeness (QED) is 0.682. The summed E-state index contributed by atoms with van der Waals surface area (Å²) >= 11 is 6.01. The van der Waals surface area contributed by atoms with Gasteiger partial charge in [-0.15, -0.1) is 0 Å². The van der Waals surface area contributed by atoms with Crippen LogP contribution >= 0.6 is 11.6 Å². The van der Waals surface area contributed by atoms with E-state index in [1.54, 1.807) is 0 Å². The molecule has 1 unspecified atom stereocenters. The van der Waals surface area contributed by atoms with Crippen LogP contribution in [0.5, 0.6) is 0 Å². The van der Waals surface area contributed by atoms with Gasteiger partial charge in [0.25, 0.3) is 0 Å². The van der Waals surface area contributed by atoms with Crippen LogP contribution in [-0.2, 0) is 13.6 Å². The third kappa shape index (κ3) is 3.24. The Morgan fingerprint density at radius 1 is 1.63 bits per heavy atom. The molecule has 19 heavy (non-hydrogen) atoms. The van der Waals surface area contributed by atoms with Crippen LogP contribution in [0.25, 0.3) is 0 Å². The Hall–Kier alpha value is -1.16. The van der Waals surface area contributed by atoms with Crippen molar-refractivity contribution in [2.45, 2.75) is 32.9 Å². The first kappa shape index (κ1) is 14.3. The van der Waals surface area contributed by atoms with E-state index in [0.29, 0.717) is 11.5 Å². The molecule has 4 nitrogen and oxygen atoms in total. The van der Waals surface area contributed by atoms with Gasteiger partial charge in [0, 0.05) is 39.1 Å².